The Morgan fingerprint density at radius 3 is 2.68 bits per heavy atom. The van der Waals surface area contributed by atoms with Gasteiger partial charge in [-0.15, -0.1) is 0 Å². The molecule has 0 spiro atoms. The van der Waals surface area contributed by atoms with E-state index in [1.807, 2.05) is 12.1 Å². The van der Waals surface area contributed by atoms with Crippen molar-refractivity contribution in [3.05, 3.63) is 27.7 Å². The fourth-order valence-corrected chi connectivity index (χ4v) is 3.87. The van der Waals surface area contributed by atoms with E-state index in [1.54, 1.807) is 7.11 Å². The van der Waals surface area contributed by atoms with Crippen LogP contribution in [-0.4, -0.2) is 62.2 Å². The van der Waals surface area contributed by atoms with Crippen molar-refractivity contribution >= 4 is 23.2 Å². The zero-order valence-corrected chi connectivity index (χ0v) is 14.5. The highest BCUT2D eigenvalue weighted by molar-refractivity contribution is 6.34. The molecular formula is C16H23Cl2N3O. The molecule has 0 bridgehead atoms. The van der Waals surface area contributed by atoms with Gasteiger partial charge in [-0.1, -0.05) is 23.2 Å². The number of halogens is 2. The predicted molar refractivity (Wildman–Crippen MR) is 91.1 cm³/mol. The third-order valence-electron chi connectivity index (χ3n) is 4.63. The predicted octanol–water partition coefficient (Wildman–Crippen LogP) is 2.48. The minimum atomic E-state index is 0.625. The van der Waals surface area contributed by atoms with Gasteiger partial charge in [0.1, 0.15) is 5.75 Å². The van der Waals surface area contributed by atoms with Crippen LogP contribution in [0.1, 0.15) is 12.0 Å². The molecule has 3 rings (SSSR count). The lowest BCUT2D eigenvalue weighted by molar-refractivity contribution is 0.170. The summed E-state index contributed by atoms with van der Waals surface area (Å²) < 4.78 is 5.20. The summed E-state index contributed by atoms with van der Waals surface area (Å²) >= 11 is 12.6. The molecule has 0 aromatic heterocycles. The smallest absolute Gasteiger partial charge is 0.138 e. The molecule has 2 aliphatic heterocycles. The van der Waals surface area contributed by atoms with Crippen LogP contribution in [0.2, 0.25) is 10.0 Å². The minimum absolute atomic E-state index is 0.625. The summed E-state index contributed by atoms with van der Waals surface area (Å²) in [5, 5.41) is 4.77. The maximum Gasteiger partial charge on any atom is 0.138 e. The number of hydrogen-bond donors (Lipinski definition) is 1. The van der Waals surface area contributed by atoms with E-state index >= 15 is 0 Å². The fraction of sp³-hybridized carbons (Fsp3) is 0.625. The summed E-state index contributed by atoms with van der Waals surface area (Å²) in [5.74, 6) is 0.635. The lowest BCUT2D eigenvalue weighted by Crippen LogP contribution is -2.49. The van der Waals surface area contributed by atoms with Crippen LogP contribution < -0.4 is 10.1 Å². The summed E-state index contributed by atoms with van der Waals surface area (Å²) in [6, 6.07) is 4.42. The Labute approximate surface area is 142 Å². The quantitative estimate of drug-likeness (QED) is 0.908. The maximum absolute atomic E-state index is 6.36. The lowest BCUT2D eigenvalue weighted by atomic mass is 10.2. The highest BCUT2D eigenvalue weighted by Gasteiger charge is 2.28. The van der Waals surface area contributed by atoms with E-state index in [9.17, 15) is 0 Å². The molecule has 2 fully saturated rings. The number of methoxy groups -OCH3 is 1. The summed E-state index contributed by atoms with van der Waals surface area (Å²) in [4.78, 5) is 5.08. The van der Waals surface area contributed by atoms with E-state index in [1.165, 1.54) is 6.42 Å². The zero-order valence-electron chi connectivity index (χ0n) is 12.9. The zero-order chi connectivity index (χ0) is 15.5. The van der Waals surface area contributed by atoms with Crippen molar-refractivity contribution in [2.24, 2.45) is 0 Å². The first-order valence-electron chi connectivity index (χ1n) is 7.86. The molecule has 0 amide bonds. The van der Waals surface area contributed by atoms with Gasteiger partial charge in [0.25, 0.3) is 0 Å². The molecule has 1 unspecified atom stereocenters. The fourth-order valence-electron chi connectivity index (χ4n) is 3.39. The number of piperazine rings is 1. The van der Waals surface area contributed by atoms with E-state index < -0.39 is 0 Å². The Kier molecular flexibility index (Phi) is 5.47. The van der Waals surface area contributed by atoms with Crippen LogP contribution in [0.25, 0.3) is 0 Å². The topological polar surface area (TPSA) is 27.7 Å². The molecule has 0 radical (unpaired) electrons. The highest BCUT2D eigenvalue weighted by Crippen LogP contribution is 2.32. The van der Waals surface area contributed by atoms with Crippen LogP contribution in [-0.2, 0) is 6.54 Å². The molecule has 0 saturated carbocycles. The van der Waals surface area contributed by atoms with Crippen LogP contribution >= 0.6 is 23.2 Å². The van der Waals surface area contributed by atoms with Crippen LogP contribution in [0, 0.1) is 0 Å². The van der Waals surface area contributed by atoms with E-state index in [4.69, 9.17) is 27.9 Å². The van der Waals surface area contributed by atoms with Crippen LogP contribution in [0.5, 0.6) is 5.75 Å². The Bertz CT molecular complexity index is 520. The number of likely N-dealkylation sites (tertiary alicyclic amines) is 1. The molecule has 1 atom stereocenters. The Morgan fingerprint density at radius 2 is 1.95 bits per heavy atom. The first-order chi connectivity index (χ1) is 10.7. The van der Waals surface area contributed by atoms with Gasteiger partial charge >= 0.3 is 0 Å². The number of ether oxygens (including phenoxy) is 1. The van der Waals surface area contributed by atoms with Crippen molar-refractivity contribution < 1.29 is 4.74 Å². The Hall–Kier alpha value is -0.520. The highest BCUT2D eigenvalue weighted by atomic mass is 35.5. The molecule has 2 aliphatic rings. The molecular weight excluding hydrogens is 321 g/mol. The summed E-state index contributed by atoms with van der Waals surface area (Å²) in [6.07, 6.45) is 1.24. The van der Waals surface area contributed by atoms with Gasteiger partial charge in [0, 0.05) is 62.9 Å². The monoisotopic (exact) mass is 343 g/mol. The standard InChI is InChI=1S/C16H23Cl2N3O/c1-22-16-9-14(17)12(8-15(16)18)10-20-5-2-13(11-20)21-6-3-19-4-7-21/h8-9,13,19H,2-7,10-11H2,1H3. The van der Waals surface area contributed by atoms with Crippen LogP contribution in [0.15, 0.2) is 12.1 Å². The number of benzene rings is 1. The average molecular weight is 344 g/mol. The van der Waals surface area contributed by atoms with Gasteiger partial charge in [0.05, 0.1) is 12.1 Å². The van der Waals surface area contributed by atoms with Gasteiger partial charge < -0.3 is 10.1 Å². The summed E-state index contributed by atoms with van der Waals surface area (Å²) in [6.45, 7) is 7.62. The number of nitrogens with one attached hydrogen (secondary N) is 1. The van der Waals surface area contributed by atoms with E-state index in [2.05, 4.69) is 15.1 Å². The van der Waals surface area contributed by atoms with E-state index in [0.29, 0.717) is 16.8 Å². The summed E-state index contributed by atoms with van der Waals surface area (Å²) in [7, 11) is 1.61. The van der Waals surface area contributed by atoms with Crippen molar-refractivity contribution in [1.82, 2.24) is 15.1 Å². The second-order valence-electron chi connectivity index (χ2n) is 6.04. The van der Waals surface area contributed by atoms with Crippen LogP contribution in [0.4, 0.5) is 0 Å². The number of nitrogens with zero attached hydrogens (tertiary/aromatic N) is 2. The largest absolute Gasteiger partial charge is 0.495 e. The SMILES string of the molecule is COc1cc(Cl)c(CN2CCC(N3CCNCC3)C2)cc1Cl. The average Bonchev–Trinajstić information content (AvgIpc) is 3.00. The van der Waals surface area contributed by atoms with Crippen molar-refractivity contribution in [3.8, 4) is 5.75 Å². The minimum Gasteiger partial charge on any atom is -0.495 e. The number of hydrogen-bond acceptors (Lipinski definition) is 4. The van der Waals surface area contributed by atoms with Crippen molar-refractivity contribution in [2.75, 3.05) is 46.4 Å². The van der Waals surface area contributed by atoms with Crippen LogP contribution in [0.3, 0.4) is 0 Å². The first kappa shape index (κ1) is 16.3. The molecule has 2 saturated heterocycles. The van der Waals surface area contributed by atoms with Gasteiger partial charge in [0.15, 0.2) is 0 Å². The third kappa shape index (κ3) is 3.69. The van der Waals surface area contributed by atoms with Crippen molar-refractivity contribution in [1.29, 1.82) is 0 Å². The van der Waals surface area contributed by atoms with Crippen molar-refractivity contribution in [2.45, 2.75) is 19.0 Å². The molecule has 1 aromatic carbocycles. The van der Waals surface area contributed by atoms with Gasteiger partial charge in [-0.2, -0.15) is 0 Å². The molecule has 1 aromatic rings. The molecule has 22 heavy (non-hydrogen) atoms. The second kappa shape index (κ2) is 7.37. The lowest BCUT2D eigenvalue weighted by Gasteiger charge is -2.32. The van der Waals surface area contributed by atoms with E-state index in [0.717, 1.165) is 56.4 Å². The van der Waals surface area contributed by atoms with Gasteiger partial charge in [-0.3, -0.25) is 9.80 Å². The molecule has 6 heteroatoms. The third-order valence-corrected chi connectivity index (χ3v) is 5.28. The molecule has 4 nitrogen and oxygen atoms in total. The normalized spacial score (nSPS) is 23.9. The van der Waals surface area contributed by atoms with E-state index in [-0.39, 0.29) is 0 Å². The number of rotatable bonds is 4. The Balaban J connectivity index is 1.61. The molecule has 1 N–H and O–H groups in total. The Morgan fingerprint density at radius 1 is 1.18 bits per heavy atom. The maximum atomic E-state index is 6.36. The second-order valence-corrected chi connectivity index (χ2v) is 6.86. The molecule has 2 heterocycles. The molecule has 0 aliphatic carbocycles. The van der Waals surface area contributed by atoms with Crippen molar-refractivity contribution in [3.63, 3.8) is 0 Å². The first-order valence-corrected chi connectivity index (χ1v) is 8.62. The van der Waals surface area contributed by atoms with Gasteiger partial charge in [0.2, 0.25) is 0 Å². The van der Waals surface area contributed by atoms with Gasteiger partial charge in [-0.25, -0.2) is 0 Å². The summed E-state index contributed by atoms with van der Waals surface area (Å²) in [5.41, 5.74) is 1.08. The molecule has 122 valence electrons. The van der Waals surface area contributed by atoms with Gasteiger partial charge in [-0.05, 0) is 18.1 Å².